The molecule has 25 heavy (non-hydrogen) atoms. The van der Waals surface area contributed by atoms with E-state index in [1.54, 1.807) is 45.3 Å². The molecule has 1 atom stereocenters. The van der Waals surface area contributed by atoms with Gasteiger partial charge in [0.25, 0.3) is 5.91 Å². The Morgan fingerprint density at radius 2 is 1.92 bits per heavy atom. The molecule has 1 aromatic heterocycles. The lowest BCUT2D eigenvalue weighted by molar-refractivity contribution is -0.137. The lowest BCUT2D eigenvalue weighted by atomic mass is 9.92. The van der Waals surface area contributed by atoms with Gasteiger partial charge in [-0.1, -0.05) is 12.1 Å². The Labute approximate surface area is 143 Å². The fourth-order valence-corrected chi connectivity index (χ4v) is 2.54. The van der Waals surface area contributed by atoms with E-state index < -0.39 is 17.5 Å². The maximum Gasteiger partial charge on any atom is 0.325 e. The number of likely N-dealkylation sites (N-methyl/N-ethyl adjacent to an activating group) is 1. The van der Waals surface area contributed by atoms with Crippen LogP contribution in [0.2, 0.25) is 0 Å². The molecule has 2 aromatic rings. The lowest BCUT2D eigenvalue weighted by Crippen LogP contribution is -2.43. The summed E-state index contributed by atoms with van der Waals surface area (Å²) in [5.41, 5.74) is 0.0827. The maximum absolute atomic E-state index is 12.7. The number of carbonyl (C=O) groups excluding carboxylic acids is 3. The minimum Gasteiger partial charge on any atom is -0.347 e. The highest BCUT2D eigenvalue weighted by molar-refractivity contribution is 6.09. The third-order valence-corrected chi connectivity index (χ3v) is 4.13. The van der Waals surface area contributed by atoms with Crippen LogP contribution in [0, 0.1) is 0 Å². The van der Waals surface area contributed by atoms with Crippen LogP contribution in [0.25, 0.3) is 5.69 Å². The largest absolute Gasteiger partial charge is 0.347 e. The number of amides is 4. The zero-order valence-corrected chi connectivity index (χ0v) is 14.0. The van der Waals surface area contributed by atoms with Crippen LogP contribution >= 0.6 is 0 Å². The molecule has 0 bridgehead atoms. The molecule has 10 nitrogen and oxygen atoms in total. The van der Waals surface area contributed by atoms with Gasteiger partial charge in [0.1, 0.15) is 18.4 Å². The molecule has 0 saturated carbocycles. The number of imide groups is 1. The Kier molecular flexibility index (Phi) is 3.95. The summed E-state index contributed by atoms with van der Waals surface area (Å²) in [5.74, 6) is -0.801. The highest BCUT2D eigenvalue weighted by atomic mass is 16.2. The molecule has 0 unspecified atom stereocenters. The smallest absolute Gasteiger partial charge is 0.325 e. The van der Waals surface area contributed by atoms with Gasteiger partial charge in [0.15, 0.2) is 0 Å². The van der Waals surface area contributed by atoms with Crippen LogP contribution in [-0.4, -0.2) is 68.5 Å². The average Bonchev–Trinajstić information content (AvgIpc) is 3.19. The Morgan fingerprint density at radius 3 is 2.48 bits per heavy atom. The van der Waals surface area contributed by atoms with Crippen LogP contribution in [0.5, 0.6) is 0 Å². The van der Waals surface area contributed by atoms with Crippen molar-refractivity contribution in [1.82, 2.24) is 35.3 Å². The lowest BCUT2D eigenvalue weighted by Gasteiger charge is -2.22. The zero-order valence-electron chi connectivity index (χ0n) is 14.0. The highest BCUT2D eigenvalue weighted by Gasteiger charge is 2.49. The van der Waals surface area contributed by atoms with Crippen molar-refractivity contribution in [2.24, 2.45) is 0 Å². The second-order valence-electron chi connectivity index (χ2n) is 6.04. The van der Waals surface area contributed by atoms with Gasteiger partial charge in [-0.2, -0.15) is 0 Å². The van der Waals surface area contributed by atoms with Gasteiger partial charge in [-0.3, -0.25) is 14.5 Å². The molecule has 1 aromatic carbocycles. The van der Waals surface area contributed by atoms with Gasteiger partial charge in [0.2, 0.25) is 5.91 Å². The van der Waals surface area contributed by atoms with Crippen molar-refractivity contribution in [2.75, 3.05) is 20.6 Å². The van der Waals surface area contributed by atoms with Crippen molar-refractivity contribution >= 4 is 17.8 Å². The Bertz CT molecular complexity index is 816. The van der Waals surface area contributed by atoms with Crippen molar-refractivity contribution in [1.29, 1.82) is 0 Å². The Balaban J connectivity index is 1.85. The van der Waals surface area contributed by atoms with Crippen molar-refractivity contribution in [3.63, 3.8) is 0 Å². The van der Waals surface area contributed by atoms with Crippen molar-refractivity contribution in [3.8, 4) is 5.69 Å². The van der Waals surface area contributed by atoms with E-state index in [0.717, 1.165) is 4.90 Å². The molecule has 1 aliphatic rings. The van der Waals surface area contributed by atoms with Gasteiger partial charge in [0, 0.05) is 14.1 Å². The summed E-state index contributed by atoms with van der Waals surface area (Å²) in [4.78, 5) is 39.0. The fourth-order valence-electron chi connectivity index (χ4n) is 2.54. The van der Waals surface area contributed by atoms with E-state index in [-0.39, 0.29) is 12.5 Å². The summed E-state index contributed by atoms with van der Waals surface area (Å²) in [6, 6.07) is 6.32. The molecule has 4 amide bonds. The molecule has 10 heteroatoms. The van der Waals surface area contributed by atoms with Gasteiger partial charge < -0.3 is 10.2 Å². The molecule has 0 spiro atoms. The summed E-state index contributed by atoms with van der Waals surface area (Å²) in [6.45, 7) is 1.31. The number of hydrogen-bond acceptors (Lipinski definition) is 6. The molecule has 1 N–H and O–H groups in total. The van der Waals surface area contributed by atoms with Crippen molar-refractivity contribution in [2.45, 2.75) is 12.5 Å². The number of rotatable bonds is 4. The van der Waals surface area contributed by atoms with Gasteiger partial charge in [-0.15, -0.1) is 5.10 Å². The summed E-state index contributed by atoms with van der Waals surface area (Å²) in [7, 11) is 3.13. The van der Waals surface area contributed by atoms with Crippen molar-refractivity contribution < 1.29 is 14.4 Å². The first-order valence-electron chi connectivity index (χ1n) is 7.51. The van der Waals surface area contributed by atoms with Gasteiger partial charge >= 0.3 is 6.03 Å². The molecular weight excluding hydrogens is 326 g/mol. The van der Waals surface area contributed by atoms with Crippen LogP contribution < -0.4 is 5.32 Å². The minimum atomic E-state index is -1.23. The average molecular weight is 343 g/mol. The second kappa shape index (κ2) is 5.96. The molecule has 1 saturated heterocycles. The van der Waals surface area contributed by atoms with E-state index in [9.17, 15) is 14.4 Å². The summed E-state index contributed by atoms with van der Waals surface area (Å²) in [5, 5.41) is 13.6. The van der Waals surface area contributed by atoms with Crippen molar-refractivity contribution in [3.05, 3.63) is 36.2 Å². The van der Waals surface area contributed by atoms with E-state index in [1.165, 1.54) is 15.9 Å². The van der Waals surface area contributed by atoms with Crippen LogP contribution in [0.1, 0.15) is 12.5 Å². The normalized spacial score (nSPS) is 19.9. The van der Waals surface area contributed by atoms with E-state index in [0.29, 0.717) is 11.3 Å². The quantitative estimate of drug-likeness (QED) is 0.750. The predicted octanol–water partition coefficient (Wildman–Crippen LogP) is -0.482. The van der Waals surface area contributed by atoms with Gasteiger partial charge in [-0.05, 0) is 35.0 Å². The number of nitrogens with zero attached hydrogens (tertiary/aromatic N) is 6. The molecule has 2 heterocycles. The number of hydrogen-bond donors (Lipinski definition) is 1. The standard InChI is InChI=1S/C15H17N7O3/c1-15(10-4-6-11(7-5-10)22-9-16-18-19-22)13(24)21(14(25)17-15)8-12(23)20(2)3/h4-7,9H,8H2,1-3H3,(H,17,25)/t15-/m1/s1. The molecule has 1 fully saturated rings. The fraction of sp³-hybridized carbons (Fsp3) is 0.333. The minimum absolute atomic E-state index is 0.296. The van der Waals surface area contributed by atoms with E-state index in [4.69, 9.17) is 0 Å². The Morgan fingerprint density at radius 1 is 1.24 bits per heavy atom. The third kappa shape index (κ3) is 2.82. The molecule has 0 radical (unpaired) electrons. The third-order valence-electron chi connectivity index (χ3n) is 4.13. The second-order valence-corrected chi connectivity index (χ2v) is 6.04. The number of urea groups is 1. The highest BCUT2D eigenvalue weighted by Crippen LogP contribution is 2.29. The number of tetrazole rings is 1. The molecule has 3 rings (SSSR count). The van der Waals surface area contributed by atoms with Gasteiger partial charge in [-0.25, -0.2) is 9.48 Å². The van der Waals surface area contributed by atoms with Gasteiger partial charge in [0.05, 0.1) is 5.69 Å². The topological polar surface area (TPSA) is 113 Å². The molecular formula is C15H17N7O3. The predicted molar refractivity (Wildman–Crippen MR) is 85.4 cm³/mol. The monoisotopic (exact) mass is 343 g/mol. The number of benzene rings is 1. The summed E-state index contributed by atoms with van der Waals surface area (Å²) in [6.07, 6.45) is 1.45. The number of aromatic nitrogens is 4. The van der Waals surface area contributed by atoms with Crippen LogP contribution in [0.4, 0.5) is 4.79 Å². The van der Waals surface area contributed by atoms with E-state index in [2.05, 4.69) is 20.8 Å². The first-order chi connectivity index (χ1) is 11.8. The number of carbonyl (C=O) groups is 3. The van der Waals surface area contributed by atoms with Crippen LogP contribution in [0.3, 0.4) is 0 Å². The van der Waals surface area contributed by atoms with E-state index in [1.807, 2.05) is 0 Å². The Hall–Kier alpha value is -3.30. The van der Waals surface area contributed by atoms with Crippen LogP contribution in [-0.2, 0) is 15.1 Å². The first kappa shape index (κ1) is 16.6. The first-order valence-corrected chi connectivity index (χ1v) is 7.51. The SMILES string of the molecule is CN(C)C(=O)CN1C(=O)N[C@](C)(c2ccc(-n3cnnn3)cc2)C1=O. The zero-order chi connectivity index (χ0) is 18.2. The summed E-state index contributed by atoms with van der Waals surface area (Å²) < 4.78 is 1.48. The van der Waals surface area contributed by atoms with Crippen LogP contribution in [0.15, 0.2) is 30.6 Å². The molecule has 1 aliphatic heterocycles. The van der Waals surface area contributed by atoms with E-state index >= 15 is 0 Å². The summed E-state index contributed by atoms with van der Waals surface area (Å²) >= 11 is 0. The maximum atomic E-state index is 12.7. The number of nitrogens with one attached hydrogen (secondary N) is 1. The molecule has 0 aliphatic carbocycles. The molecule has 130 valence electrons.